The Labute approximate surface area is 155 Å². The molecule has 1 amide bonds. The third kappa shape index (κ3) is 3.22. The molecule has 4 aromatic rings. The van der Waals surface area contributed by atoms with E-state index in [1.165, 1.54) is 0 Å². The lowest BCUT2D eigenvalue weighted by atomic mass is 10.1. The van der Waals surface area contributed by atoms with Crippen LogP contribution in [0.15, 0.2) is 82.7 Å². The Kier molecular flexibility index (Phi) is 4.26. The minimum atomic E-state index is -0.676. The molecule has 0 fully saturated rings. The van der Waals surface area contributed by atoms with Crippen molar-refractivity contribution in [3.63, 3.8) is 0 Å². The van der Waals surface area contributed by atoms with Crippen molar-refractivity contribution in [2.45, 2.75) is 6.42 Å². The van der Waals surface area contributed by atoms with Crippen molar-refractivity contribution in [1.82, 2.24) is 4.98 Å². The summed E-state index contributed by atoms with van der Waals surface area (Å²) in [6.07, 6.45) is 3.88. The fourth-order valence-electron chi connectivity index (χ4n) is 3.02. The molecule has 1 N–H and O–H groups in total. The number of hydrogen-bond donors (Lipinski definition) is 1. The SMILES string of the molecule is C=CCc1cccc2cc(C(=O)Nc3cnc4ccccc4c3)c(=O)oc12. The number of para-hydroxylation sites is 2. The van der Waals surface area contributed by atoms with Crippen LogP contribution in [-0.2, 0) is 6.42 Å². The second-order valence-corrected chi connectivity index (χ2v) is 6.15. The van der Waals surface area contributed by atoms with E-state index in [9.17, 15) is 9.59 Å². The summed E-state index contributed by atoms with van der Waals surface area (Å²) < 4.78 is 5.43. The Morgan fingerprint density at radius 3 is 2.78 bits per heavy atom. The predicted molar refractivity (Wildman–Crippen MR) is 106 cm³/mol. The summed E-state index contributed by atoms with van der Waals surface area (Å²) in [5.41, 5.74) is 1.95. The van der Waals surface area contributed by atoms with E-state index < -0.39 is 11.5 Å². The van der Waals surface area contributed by atoms with E-state index in [0.717, 1.165) is 16.5 Å². The van der Waals surface area contributed by atoms with Crippen molar-refractivity contribution in [3.05, 3.63) is 95.0 Å². The number of benzene rings is 2. The number of amides is 1. The third-order valence-electron chi connectivity index (χ3n) is 4.30. The first-order valence-corrected chi connectivity index (χ1v) is 8.48. The van der Waals surface area contributed by atoms with Crippen LogP contribution in [-0.4, -0.2) is 10.9 Å². The van der Waals surface area contributed by atoms with Gasteiger partial charge in [-0.1, -0.05) is 42.5 Å². The molecule has 0 aliphatic rings. The molecule has 4 rings (SSSR count). The largest absolute Gasteiger partial charge is 0.422 e. The van der Waals surface area contributed by atoms with E-state index >= 15 is 0 Å². The zero-order valence-electron chi connectivity index (χ0n) is 14.4. The van der Waals surface area contributed by atoms with Crippen molar-refractivity contribution in [2.75, 3.05) is 5.32 Å². The van der Waals surface area contributed by atoms with Gasteiger partial charge >= 0.3 is 5.63 Å². The molecule has 0 aliphatic carbocycles. The van der Waals surface area contributed by atoms with Crippen LogP contribution < -0.4 is 10.9 Å². The lowest BCUT2D eigenvalue weighted by molar-refractivity contribution is 0.102. The fraction of sp³-hybridized carbons (Fsp3) is 0.0455. The molecule has 0 aliphatic heterocycles. The smallest absolute Gasteiger partial charge is 0.349 e. The standard InChI is InChI=1S/C22H16N2O3/c1-2-6-14-8-5-9-16-12-18(22(26)27-20(14)16)21(25)24-17-11-15-7-3-4-10-19(15)23-13-17/h2-5,7-13H,1,6H2,(H,24,25). The van der Waals surface area contributed by atoms with Gasteiger partial charge in [0.1, 0.15) is 11.1 Å². The number of carbonyl (C=O) groups is 1. The Hall–Kier alpha value is -3.73. The van der Waals surface area contributed by atoms with Gasteiger partial charge in [-0.05, 0) is 30.2 Å². The zero-order valence-corrected chi connectivity index (χ0v) is 14.4. The van der Waals surface area contributed by atoms with E-state index in [2.05, 4.69) is 16.9 Å². The first-order chi connectivity index (χ1) is 13.2. The van der Waals surface area contributed by atoms with E-state index in [0.29, 0.717) is 23.1 Å². The number of nitrogens with one attached hydrogen (secondary N) is 1. The van der Waals surface area contributed by atoms with Crippen molar-refractivity contribution < 1.29 is 9.21 Å². The summed E-state index contributed by atoms with van der Waals surface area (Å²) in [5, 5.41) is 4.31. The molecule has 0 spiro atoms. The topological polar surface area (TPSA) is 72.2 Å². The minimum Gasteiger partial charge on any atom is -0.422 e. The number of pyridine rings is 1. The molecule has 0 saturated heterocycles. The minimum absolute atomic E-state index is 0.0496. The van der Waals surface area contributed by atoms with E-state index in [1.54, 1.807) is 24.4 Å². The number of anilines is 1. The zero-order chi connectivity index (χ0) is 18.8. The van der Waals surface area contributed by atoms with Crippen LogP contribution in [0.2, 0.25) is 0 Å². The lowest BCUT2D eigenvalue weighted by Crippen LogP contribution is -2.20. The van der Waals surface area contributed by atoms with Crippen molar-refractivity contribution >= 4 is 33.5 Å². The van der Waals surface area contributed by atoms with Crippen LogP contribution in [0.3, 0.4) is 0 Å². The van der Waals surface area contributed by atoms with Crippen LogP contribution in [0, 0.1) is 0 Å². The first kappa shape index (κ1) is 16.7. The lowest BCUT2D eigenvalue weighted by Gasteiger charge is -2.07. The summed E-state index contributed by atoms with van der Waals surface area (Å²) in [4.78, 5) is 29.3. The number of allylic oxidation sites excluding steroid dienone is 1. The van der Waals surface area contributed by atoms with Crippen LogP contribution in [0.25, 0.3) is 21.9 Å². The summed E-state index contributed by atoms with van der Waals surface area (Å²) >= 11 is 0. The number of rotatable bonds is 4. The molecule has 5 nitrogen and oxygen atoms in total. The number of aromatic nitrogens is 1. The van der Waals surface area contributed by atoms with Gasteiger partial charge in [0.05, 0.1) is 17.4 Å². The van der Waals surface area contributed by atoms with Gasteiger partial charge in [0.2, 0.25) is 0 Å². The average molecular weight is 356 g/mol. The molecule has 0 radical (unpaired) electrons. The van der Waals surface area contributed by atoms with E-state index in [1.807, 2.05) is 42.5 Å². The molecule has 27 heavy (non-hydrogen) atoms. The second kappa shape index (κ2) is 6.88. The van der Waals surface area contributed by atoms with Crippen molar-refractivity contribution in [2.24, 2.45) is 0 Å². The summed E-state index contributed by atoms with van der Waals surface area (Å²) in [5.74, 6) is -0.531. The van der Waals surface area contributed by atoms with E-state index in [4.69, 9.17) is 4.42 Å². The summed E-state index contributed by atoms with van der Waals surface area (Å²) in [7, 11) is 0. The Morgan fingerprint density at radius 1 is 1.11 bits per heavy atom. The van der Waals surface area contributed by atoms with Gasteiger partial charge in [0.15, 0.2) is 0 Å². The molecular formula is C22H16N2O3. The Bertz CT molecular complexity index is 1240. The Balaban J connectivity index is 1.70. The van der Waals surface area contributed by atoms with Gasteiger partial charge in [-0.15, -0.1) is 6.58 Å². The monoisotopic (exact) mass is 356 g/mol. The highest BCUT2D eigenvalue weighted by Gasteiger charge is 2.15. The molecule has 0 unspecified atom stereocenters. The average Bonchev–Trinajstić information content (AvgIpc) is 2.68. The molecule has 2 heterocycles. The van der Waals surface area contributed by atoms with Crippen LogP contribution in [0.1, 0.15) is 15.9 Å². The quantitative estimate of drug-likeness (QED) is 0.436. The maximum absolute atomic E-state index is 12.6. The number of fused-ring (bicyclic) bond motifs is 2. The number of hydrogen-bond acceptors (Lipinski definition) is 4. The normalized spacial score (nSPS) is 10.8. The van der Waals surface area contributed by atoms with Gasteiger partial charge in [-0.3, -0.25) is 9.78 Å². The molecular weight excluding hydrogens is 340 g/mol. The highest BCUT2D eigenvalue weighted by molar-refractivity contribution is 6.06. The number of carbonyl (C=O) groups excluding carboxylic acids is 1. The molecule has 132 valence electrons. The van der Waals surface area contributed by atoms with Gasteiger partial charge in [-0.25, -0.2) is 4.79 Å². The molecule has 0 atom stereocenters. The van der Waals surface area contributed by atoms with Gasteiger partial charge < -0.3 is 9.73 Å². The van der Waals surface area contributed by atoms with Crippen molar-refractivity contribution in [3.8, 4) is 0 Å². The molecule has 5 heteroatoms. The summed E-state index contributed by atoms with van der Waals surface area (Å²) in [6.45, 7) is 3.71. The second-order valence-electron chi connectivity index (χ2n) is 6.15. The first-order valence-electron chi connectivity index (χ1n) is 8.48. The maximum atomic E-state index is 12.6. The van der Waals surface area contributed by atoms with E-state index in [-0.39, 0.29) is 5.56 Å². The highest BCUT2D eigenvalue weighted by atomic mass is 16.4. The molecule has 2 aromatic heterocycles. The number of nitrogens with zero attached hydrogens (tertiary/aromatic N) is 1. The maximum Gasteiger partial charge on any atom is 0.349 e. The van der Waals surface area contributed by atoms with Crippen LogP contribution in [0.4, 0.5) is 5.69 Å². The predicted octanol–water partition coefficient (Wildman–Crippen LogP) is 4.32. The van der Waals surface area contributed by atoms with Crippen molar-refractivity contribution in [1.29, 1.82) is 0 Å². The fourth-order valence-corrected chi connectivity index (χ4v) is 3.02. The van der Waals surface area contributed by atoms with Gasteiger partial charge in [0, 0.05) is 10.8 Å². The molecule has 0 bridgehead atoms. The van der Waals surface area contributed by atoms with Crippen LogP contribution in [0.5, 0.6) is 0 Å². The highest BCUT2D eigenvalue weighted by Crippen LogP contribution is 2.20. The van der Waals surface area contributed by atoms with Crippen LogP contribution >= 0.6 is 0 Å². The summed E-state index contributed by atoms with van der Waals surface area (Å²) in [6, 6.07) is 16.5. The van der Waals surface area contributed by atoms with Gasteiger partial charge in [0.25, 0.3) is 5.91 Å². The van der Waals surface area contributed by atoms with Gasteiger partial charge in [-0.2, -0.15) is 0 Å². The third-order valence-corrected chi connectivity index (χ3v) is 4.30. The Morgan fingerprint density at radius 2 is 1.93 bits per heavy atom. The molecule has 2 aromatic carbocycles. The molecule has 0 saturated carbocycles.